The van der Waals surface area contributed by atoms with E-state index >= 15 is 0 Å². The lowest BCUT2D eigenvalue weighted by molar-refractivity contribution is -0.125. The molecular weight excluding hydrogens is 254 g/mol. The second kappa shape index (κ2) is 5.13. The number of hydrogen-bond donors (Lipinski definition) is 1. The Morgan fingerprint density at radius 2 is 2.33 bits per heavy atom. The number of nitrogen functional groups attached to an aromatic ring is 1. The molecule has 96 valence electrons. The fourth-order valence-corrected chi connectivity index (χ4v) is 2.04. The van der Waals surface area contributed by atoms with Gasteiger partial charge in [0.25, 0.3) is 0 Å². The Bertz CT molecular complexity index is 534. The molecule has 7 nitrogen and oxygen atoms in total. The molecule has 0 spiro atoms. The normalized spacial score (nSPS) is 10.6. The maximum absolute atomic E-state index is 11.5. The maximum Gasteiger partial charge on any atom is 0.232 e. The van der Waals surface area contributed by atoms with Crippen molar-refractivity contribution in [3.8, 4) is 11.6 Å². The molecule has 0 bridgehead atoms. The van der Waals surface area contributed by atoms with Gasteiger partial charge in [-0.05, 0) is 12.1 Å². The molecule has 8 heteroatoms. The number of carbonyl (C=O) groups is 1. The van der Waals surface area contributed by atoms with Crippen molar-refractivity contribution in [1.82, 2.24) is 19.8 Å². The van der Waals surface area contributed by atoms with Gasteiger partial charge in [-0.25, -0.2) is 4.68 Å². The minimum atomic E-state index is -0.0115. The van der Waals surface area contributed by atoms with Gasteiger partial charge in [0, 0.05) is 14.1 Å². The van der Waals surface area contributed by atoms with Crippen LogP contribution in [0.15, 0.2) is 28.0 Å². The van der Waals surface area contributed by atoms with Crippen LogP contribution < -0.4 is 5.84 Å². The Labute approximate surface area is 108 Å². The summed E-state index contributed by atoms with van der Waals surface area (Å²) in [6.07, 6.45) is 1.53. The van der Waals surface area contributed by atoms with Crippen LogP contribution in [-0.4, -0.2) is 45.5 Å². The first kappa shape index (κ1) is 12.5. The Hall–Kier alpha value is -1.96. The van der Waals surface area contributed by atoms with Gasteiger partial charge in [0.1, 0.15) is 0 Å². The van der Waals surface area contributed by atoms with Gasteiger partial charge in [0.15, 0.2) is 5.76 Å². The smallest absolute Gasteiger partial charge is 0.232 e. The average molecular weight is 267 g/mol. The molecule has 0 aromatic carbocycles. The quantitative estimate of drug-likeness (QED) is 0.638. The highest BCUT2D eigenvalue weighted by atomic mass is 32.2. The van der Waals surface area contributed by atoms with E-state index in [-0.39, 0.29) is 11.7 Å². The molecule has 2 heterocycles. The lowest BCUT2D eigenvalue weighted by atomic mass is 10.4. The first-order valence-electron chi connectivity index (χ1n) is 5.17. The van der Waals surface area contributed by atoms with E-state index in [4.69, 9.17) is 10.3 Å². The summed E-state index contributed by atoms with van der Waals surface area (Å²) in [4.78, 5) is 13.0. The first-order chi connectivity index (χ1) is 8.59. The summed E-state index contributed by atoms with van der Waals surface area (Å²) in [5.74, 6) is 7.06. The summed E-state index contributed by atoms with van der Waals surface area (Å²) in [6.45, 7) is 0. The molecule has 0 unspecified atom stereocenters. The van der Waals surface area contributed by atoms with Crippen LogP contribution in [0.3, 0.4) is 0 Å². The van der Waals surface area contributed by atoms with Crippen LogP contribution in [-0.2, 0) is 4.79 Å². The summed E-state index contributed by atoms with van der Waals surface area (Å²) >= 11 is 1.23. The number of aromatic nitrogens is 3. The van der Waals surface area contributed by atoms with E-state index in [2.05, 4.69) is 10.2 Å². The van der Waals surface area contributed by atoms with E-state index in [0.29, 0.717) is 16.7 Å². The molecule has 18 heavy (non-hydrogen) atoms. The summed E-state index contributed by atoms with van der Waals surface area (Å²) < 4.78 is 6.50. The lowest BCUT2D eigenvalue weighted by Crippen LogP contribution is -2.24. The Morgan fingerprint density at radius 3 is 2.94 bits per heavy atom. The molecule has 0 aliphatic carbocycles. The van der Waals surface area contributed by atoms with E-state index < -0.39 is 0 Å². The van der Waals surface area contributed by atoms with Crippen molar-refractivity contribution in [3.63, 3.8) is 0 Å². The summed E-state index contributed by atoms with van der Waals surface area (Å²) in [6, 6.07) is 3.49. The Balaban J connectivity index is 2.10. The van der Waals surface area contributed by atoms with Gasteiger partial charge in [0.2, 0.25) is 16.9 Å². The van der Waals surface area contributed by atoms with Gasteiger partial charge in [-0.1, -0.05) is 11.8 Å². The standard InChI is InChI=1S/C10H13N5O2S/c1-14(2)8(16)6-18-10-13-12-9(15(10)11)7-4-3-5-17-7/h3-5H,6,11H2,1-2H3. The molecule has 0 aliphatic heterocycles. The highest BCUT2D eigenvalue weighted by Gasteiger charge is 2.15. The molecule has 0 saturated heterocycles. The lowest BCUT2D eigenvalue weighted by Gasteiger charge is -2.08. The molecule has 0 fully saturated rings. The SMILES string of the molecule is CN(C)C(=O)CSc1nnc(-c2ccco2)n1N. The maximum atomic E-state index is 11.5. The van der Waals surface area contributed by atoms with Crippen molar-refractivity contribution in [2.45, 2.75) is 5.16 Å². The van der Waals surface area contributed by atoms with E-state index in [1.54, 1.807) is 26.2 Å². The minimum absolute atomic E-state index is 0.0115. The molecule has 0 aliphatic rings. The summed E-state index contributed by atoms with van der Waals surface area (Å²) in [5.41, 5.74) is 0. The minimum Gasteiger partial charge on any atom is -0.461 e. The van der Waals surface area contributed by atoms with Crippen LogP contribution in [0.25, 0.3) is 11.6 Å². The van der Waals surface area contributed by atoms with Gasteiger partial charge < -0.3 is 15.2 Å². The molecule has 1 amide bonds. The van der Waals surface area contributed by atoms with Gasteiger partial charge >= 0.3 is 0 Å². The van der Waals surface area contributed by atoms with Crippen LogP contribution in [0.2, 0.25) is 0 Å². The van der Waals surface area contributed by atoms with Crippen LogP contribution in [0, 0.1) is 0 Å². The second-order valence-electron chi connectivity index (χ2n) is 3.73. The molecule has 0 atom stereocenters. The molecule has 2 aromatic heterocycles. The first-order valence-corrected chi connectivity index (χ1v) is 6.15. The molecule has 0 saturated carbocycles. The Kier molecular flexibility index (Phi) is 3.56. The third-order valence-corrected chi connectivity index (χ3v) is 3.16. The number of furan rings is 1. The average Bonchev–Trinajstić information content (AvgIpc) is 2.95. The van der Waals surface area contributed by atoms with Crippen LogP contribution in [0.1, 0.15) is 0 Å². The predicted octanol–water partition coefficient (Wildman–Crippen LogP) is 0.432. The monoisotopic (exact) mass is 267 g/mol. The zero-order valence-electron chi connectivity index (χ0n) is 10.0. The fourth-order valence-electron chi connectivity index (χ4n) is 1.20. The van der Waals surface area contributed by atoms with Crippen molar-refractivity contribution in [2.24, 2.45) is 0 Å². The van der Waals surface area contributed by atoms with Crippen molar-refractivity contribution < 1.29 is 9.21 Å². The van der Waals surface area contributed by atoms with Crippen molar-refractivity contribution >= 4 is 17.7 Å². The highest BCUT2D eigenvalue weighted by molar-refractivity contribution is 7.99. The Morgan fingerprint density at radius 1 is 1.56 bits per heavy atom. The van der Waals surface area contributed by atoms with E-state index in [9.17, 15) is 4.79 Å². The van der Waals surface area contributed by atoms with Crippen molar-refractivity contribution in [3.05, 3.63) is 18.4 Å². The zero-order chi connectivity index (χ0) is 13.1. The van der Waals surface area contributed by atoms with E-state index in [1.165, 1.54) is 27.6 Å². The summed E-state index contributed by atoms with van der Waals surface area (Å²) in [7, 11) is 3.40. The number of nitrogens with zero attached hydrogens (tertiary/aromatic N) is 4. The molecule has 0 radical (unpaired) electrons. The number of thioether (sulfide) groups is 1. The van der Waals surface area contributed by atoms with Crippen LogP contribution in [0.5, 0.6) is 0 Å². The topological polar surface area (TPSA) is 90.2 Å². The van der Waals surface area contributed by atoms with Crippen molar-refractivity contribution in [1.29, 1.82) is 0 Å². The second-order valence-corrected chi connectivity index (χ2v) is 4.67. The molecule has 2 aromatic rings. The number of hydrogen-bond acceptors (Lipinski definition) is 6. The van der Waals surface area contributed by atoms with Crippen molar-refractivity contribution in [2.75, 3.05) is 25.7 Å². The zero-order valence-corrected chi connectivity index (χ0v) is 10.8. The van der Waals surface area contributed by atoms with Gasteiger partial charge in [-0.2, -0.15) is 0 Å². The molecule has 2 N–H and O–H groups in total. The largest absolute Gasteiger partial charge is 0.461 e. The van der Waals surface area contributed by atoms with E-state index in [1.807, 2.05) is 0 Å². The third kappa shape index (κ3) is 2.48. The van der Waals surface area contributed by atoms with Gasteiger partial charge in [0.05, 0.1) is 12.0 Å². The molecule has 2 rings (SSSR count). The molecular formula is C10H13N5O2S. The van der Waals surface area contributed by atoms with Crippen LogP contribution in [0.4, 0.5) is 0 Å². The van der Waals surface area contributed by atoms with Gasteiger partial charge in [-0.15, -0.1) is 10.2 Å². The highest BCUT2D eigenvalue weighted by Crippen LogP contribution is 2.21. The predicted molar refractivity (Wildman–Crippen MR) is 67.3 cm³/mol. The number of nitrogens with two attached hydrogens (primary N) is 1. The third-order valence-electron chi connectivity index (χ3n) is 2.23. The number of rotatable bonds is 4. The number of amides is 1. The summed E-state index contributed by atoms with van der Waals surface area (Å²) in [5, 5.41) is 8.32. The van der Waals surface area contributed by atoms with Gasteiger partial charge in [-0.3, -0.25) is 4.79 Å². The van der Waals surface area contributed by atoms with E-state index in [0.717, 1.165) is 0 Å². The number of carbonyl (C=O) groups excluding carboxylic acids is 1. The van der Waals surface area contributed by atoms with Crippen LogP contribution >= 0.6 is 11.8 Å². The fraction of sp³-hybridized carbons (Fsp3) is 0.300.